The minimum Gasteiger partial charge on any atom is -0.0996 e. The Balaban J connectivity index is 3.09. The Labute approximate surface area is 148 Å². The van der Waals surface area contributed by atoms with Gasteiger partial charge in [-0.05, 0) is 24.7 Å². The first-order valence-electron chi connectivity index (χ1n) is 10.8. The lowest BCUT2D eigenvalue weighted by molar-refractivity contribution is 0.468. The zero-order chi connectivity index (χ0) is 17.3. The second-order valence-corrected chi connectivity index (χ2v) is 8.11. The van der Waals surface area contributed by atoms with Crippen molar-refractivity contribution in [2.24, 2.45) is 11.8 Å². The molecule has 0 bridgehead atoms. The maximum atomic E-state index is 4.16. The van der Waals surface area contributed by atoms with Gasteiger partial charge in [0.15, 0.2) is 0 Å². The summed E-state index contributed by atoms with van der Waals surface area (Å²) >= 11 is 0. The topological polar surface area (TPSA) is 0 Å². The van der Waals surface area contributed by atoms with Gasteiger partial charge in [0.05, 0.1) is 0 Å². The van der Waals surface area contributed by atoms with Crippen LogP contribution in [0.1, 0.15) is 124 Å². The SMILES string of the molecule is C=C(CCCCCCCCCCCCCCC(C)CC)C(C)C. The van der Waals surface area contributed by atoms with Crippen LogP contribution in [0.15, 0.2) is 12.2 Å². The monoisotopic (exact) mass is 322 g/mol. The van der Waals surface area contributed by atoms with Gasteiger partial charge in [-0.1, -0.05) is 123 Å². The van der Waals surface area contributed by atoms with E-state index in [1.54, 1.807) is 0 Å². The van der Waals surface area contributed by atoms with Crippen molar-refractivity contribution in [3.8, 4) is 0 Å². The Bertz CT molecular complexity index is 251. The summed E-state index contributed by atoms with van der Waals surface area (Å²) in [5, 5.41) is 0. The van der Waals surface area contributed by atoms with E-state index in [0.717, 1.165) is 5.92 Å². The van der Waals surface area contributed by atoms with Crippen LogP contribution in [-0.4, -0.2) is 0 Å². The smallest absolute Gasteiger partial charge is 0.0263 e. The van der Waals surface area contributed by atoms with E-state index in [-0.39, 0.29) is 0 Å². The van der Waals surface area contributed by atoms with Crippen molar-refractivity contribution < 1.29 is 0 Å². The van der Waals surface area contributed by atoms with Gasteiger partial charge in [-0.2, -0.15) is 0 Å². The van der Waals surface area contributed by atoms with E-state index in [2.05, 4.69) is 34.3 Å². The Morgan fingerprint density at radius 2 is 1.04 bits per heavy atom. The lowest BCUT2D eigenvalue weighted by atomic mass is 9.98. The molecular formula is C23H46. The van der Waals surface area contributed by atoms with E-state index in [9.17, 15) is 0 Å². The molecule has 0 spiro atoms. The van der Waals surface area contributed by atoms with Crippen molar-refractivity contribution >= 4 is 0 Å². The van der Waals surface area contributed by atoms with Gasteiger partial charge in [-0.3, -0.25) is 0 Å². The summed E-state index contributed by atoms with van der Waals surface area (Å²) in [7, 11) is 0. The number of rotatable bonds is 17. The molecule has 0 heteroatoms. The molecule has 0 rings (SSSR count). The molecule has 0 heterocycles. The van der Waals surface area contributed by atoms with Crippen LogP contribution >= 0.6 is 0 Å². The van der Waals surface area contributed by atoms with E-state index >= 15 is 0 Å². The van der Waals surface area contributed by atoms with Gasteiger partial charge in [0.2, 0.25) is 0 Å². The van der Waals surface area contributed by atoms with Gasteiger partial charge in [0, 0.05) is 0 Å². The van der Waals surface area contributed by atoms with Gasteiger partial charge in [0.25, 0.3) is 0 Å². The number of hydrogen-bond donors (Lipinski definition) is 0. The second-order valence-electron chi connectivity index (χ2n) is 8.11. The highest BCUT2D eigenvalue weighted by Gasteiger charge is 2.00. The summed E-state index contributed by atoms with van der Waals surface area (Å²) in [4.78, 5) is 0. The summed E-state index contributed by atoms with van der Waals surface area (Å²) in [6.07, 6.45) is 21.4. The van der Waals surface area contributed by atoms with Gasteiger partial charge in [-0.15, -0.1) is 0 Å². The zero-order valence-electron chi connectivity index (χ0n) is 17.0. The quantitative estimate of drug-likeness (QED) is 0.185. The third-order valence-corrected chi connectivity index (χ3v) is 5.46. The molecule has 0 aromatic rings. The standard InChI is InChI=1S/C23H46/c1-6-22(4)19-17-15-13-11-9-7-8-10-12-14-16-18-20-23(5)21(2)3/h21-22H,5-20H2,1-4H3. The first-order chi connectivity index (χ1) is 11.1. The highest BCUT2D eigenvalue weighted by atomic mass is 14.1. The molecule has 0 N–H and O–H groups in total. The molecule has 1 unspecified atom stereocenters. The summed E-state index contributed by atoms with van der Waals surface area (Å²) in [5.41, 5.74) is 1.44. The molecule has 0 aliphatic rings. The summed E-state index contributed by atoms with van der Waals surface area (Å²) in [6.45, 7) is 13.4. The van der Waals surface area contributed by atoms with Gasteiger partial charge < -0.3 is 0 Å². The van der Waals surface area contributed by atoms with Gasteiger partial charge in [-0.25, -0.2) is 0 Å². The Morgan fingerprint density at radius 1 is 0.652 bits per heavy atom. The molecule has 0 radical (unpaired) electrons. The highest BCUT2D eigenvalue weighted by molar-refractivity contribution is 4.96. The van der Waals surface area contributed by atoms with Crippen LogP contribution in [0, 0.1) is 11.8 Å². The molecule has 0 aromatic carbocycles. The fourth-order valence-electron chi connectivity index (χ4n) is 3.11. The number of unbranched alkanes of at least 4 members (excludes halogenated alkanes) is 11. The first kappa shape index (κ1) is 22.7. The minimum atomic E-state index is 0.671. The van der Waals surface area contributed by atoms with E-state index in [1.165, 1.54) is 102 Å². The molecule has 0 saturated heterocycles. The largest absolute Gasteiger partial charge is 0.0996 e. The van der Waals surface area contributed by atoms with Crippen molar-refractivity contribution in [2.75, 3.05) is 0 Å². The average molecular weight is 323 g/mol. The Morgan fingerprint density at radius 3 is 1.43 bits per heavy atom. The lowest BCUT2D eigenvalue weighted by Crippen LogP contribution is -1.92. The van der Waals surface area contributed by atoms with Gasteiger partial charge >= 0.3 is 0 Å². The average Bonchev–Trinajstić information content (AvgIpc) is 2.54. The van der Waals surface area contributed by atoms with Crippen LogP contribution in [0.3, 0.4) is 0 Å². The highest BCUT2D eigenvalue weighted by Crippen LogP contribution is 2.18. The van der Waals surface area contributed by atoms with E-state index < -0.39 is 0 Å². The molecule has 0 saturated carbocycles. The predicted octanol–water partition coefficient (Wildman–Crippen LogP) is 8.71. The predicted molar refractivity (Wildman–Crippen MR) is 108 cm³/mol. The van der Waals surface area contributed by atoms with Crippen LogP contribution < -0.4 is 0 Å². The summed E-state index contributed by atoms with van der Waals surface area (Å²) in [5.74, 6) is 1.61. The third kappa shape index (κ3) is 16.4. The fourth-order valence-corrected chi connectivity index (χ4v) is 3.11. The molecular weight excluding hydrogens is 276 g/mol. The van der Waals surface area contributed by atoms with Crippen molar-refractivity contribution in [1.29, 1.82) is 0 Å². The van der Waals surface area contributed by atoms with Crippen LogP contribution in [0.2, 0.25) is 0 Å². The molecule has 1 atom stereocenters. The van der Waals surface area contributed by atoms with Crippen LogP contribution in [0.4, 0.5) is 0 Å². The molecule has 0 nitrogen and oxygen atoms in total. The lowest BCUT2D eigenvalue weighted by Gasteiger charge is -2.08. The van der Waals surface area contributed by atoms with E-state index in [0.29, 0.717) is 5.92 Å². The van der Waals surface area contributed by atoms with Crippen molar-refractivity contribution in [3.63, 3.8) is 0 Å². The normalized spacial score (nSPS) is 12.7. The van der Waals surface area contributed by atoms with Gasteiger partial charge in [0.1, 0.15) is 0 Å². The number of hydrogen-bond acceptors (Lipinski definition) is 0. The summed E-state index contributed by atoms with van der Waals surface area (Å²) < 4.78 is 0. The summed E-state index contributed by atoms with van der Waals surface area (Å²) in [6, 6.07) is 0. The molecule has 0 fully saturated rings. The molecule has 0 aliphatic carbocycles. The maximum absolute atomic E-state index is 4.16. The third-order valence-electron chi connectivity index (χ3n) is 5.46. The zero-order valence-corrected chi connectivity index (χ0v) is 17.0. The van der Waals surface area contributed by atoms with Crippen LogP contribution in [0.25, 0.3) is 0 Å². The fraction of sp³-hybridized carbons (Fsp3) is 0.913. The molecule has 0 amide bonds. The second kappa shape index (κ2) is 16.6. The van der Waals surface area contributed by atoms with Crippen molar-refractivity contribution in [1.82, 2.24) is 0 Å². The minimum absolute atomic E-state index is 0.671. The van der Waals surface area contributed by atoms with Crippen LogP contribution in [0.5, 0.6) is 0 Å². The first-order valence-corrected chi connectivity index (χ1v) is 10.8. The maximum Gasteiger partial charge on any atom is -0.0263 e. The van der Waals surface area contributed by atoms with Crippen molar-refractivity contribution in [3.05, 3.63) is 12.2 Å². The van der Waals surface area contributed by atoms with E-state index in [1.807, 2.05) is 0 Å². The van der Waals surface area contributed by atoms with Crippen LogP contribution in [-0.2, 0) is 0 Å². The molecule has 0 aliphatic heterocycles. The molecule has 0 aromatic heterocycles. The Kier molecular flexibility index (Phi) is 16.4. The number of allylic oxidation sites excluding steroid dienone is 1. The Hall–Kier alpha value is -0.260. The molecule has 23 heavy (non-hydrogen) atoms. The van der Waals surface area contributed by atoms with Crippen molar-refractivity contribution in [2.45, 2.75) is 124 Å². The molecule has 138 valence electrons. The van der Waals surface area contributed by atoms with E-state index in [4.69, 9.17) is 0 Å².